The molecule has 3 rings (SSSR count). The van der Waals surface area contributed by atoms with Crippen molar-refractivity contribution in [2.24, 2.45) is 0 Å². The first-order chi connectivity index (χ1) is 12.6. The molecule has 7 nitrogen and oxygen atoms in total. The Hall–Kier alpha value is -3.00. The molecule has 1 aromatic heterocycles. The number of anilines is 1. The van der Waals surface area contributed by atoms with Gasteiger partial charge < -0.3 is 14.2 Å². The number of methoxy groups -OCH3 is 3. The van der Waals surface area contributed by atoms with Crippen LogP contribution in [0.5, 0.6) is 17.2 Å². The number of fused-ring (bicyclic) bond motifs is 1. The molecule has 136 valence electrons. The topological polar surface area (TPSA) is 81.7 Å². The molecule has 1 amide bonds. The smallest absolute Gasteiger partial charge is 0.273 e. The number of aryl methyl sites for hydroxylation is 1. The van der Waals surface area contributed by atoms with Crippen molar-refractivity contribution in [2.45, 2.75) is 6.92 Å². The van der Waals surface area contributed by atoms with E-state index in [0.29, 0.717) is 27.9 Å². The van der Waals surface area contributed by atoms with Gasteiger partial charge in [-0.15, -0.1) is 0 Å². The Morgan fingerprint density at radius 2 is 1.81 bits per heavy atom. The SMILES string of the molecule is COc1ccc(C(=O)NNc2nc3c(OC)ccc(C)c3s2)c(OC)c1. The second-order valence-corrected chi connectivity index (χ2v) is 6.43. The van der Waals surface area contributed by atoms with Crippen LogP contribution in [0.15, 0.2) is 30.3 Å². The van der Waals surface area contributed by atoms with Gasteiger partial charge in [0.05, 0.1) is 31.6 Å². The van der Waals surface area contributed by atoms with Crippen LogP contribution >= 0.6 is 11.3 Å². The Bertz CT molecular complexity index is 955. The van der Waals surface area contributed by atoms with Crippen LogP contribution in [0.2, 0.25) is 0 Å². The molecule has 0 spiro atoms. The molecule has 0 bridgehead atoms. The summed E-state index contributed by atoms with van der Waals surface area (Å²) in [5.74, 6) is 1.39. The third-order valence-electron chi connectivity index (χ3n) is 3.86. The largest absolute Gasteiger partial charge is 0.497 e. The molecule has 0 aliphatic rings. The van der Waals surface area contributed by atoms with Crippen LogP contribution in [0.25, 0.3) is 10.2 Å². The summed E-state index contributed by atoms with van der Waals surface area (Å²) in [6.07, 6.45) is 0. The molecule has 0 aliphatic heterocycles. The highest BCUT2D eigenvalue weighted by Crippen LogP contribution is 2.34. The number of aromatic nitrogens is 1. The number of nitrogens with zero attached hydrogens (tertiary/aromatic N) is 1. The van der Waals surface area contributed by atoms with E-state index in [-0.39, 0.29) is 5.91 Å². The molecule has 0 saturated heterocycles. The summed E-state index contributed by atoms with van der Waals surface area (Å²) in [6.45, 7) is 2.00. The minimum atomic E-state index is -0.340. The molecule has 0 unspecified atom stereocenters. The monoisotopic (exact) mass is 373 g/mol. The second kappa shape index (κ2) is 7.49. The molecule has 2 aromatic carbocycles. The van der Waals surface area contributed by atoms with Crippen molar-refractivity contribution in [3.8, 4) is 17.2 Å². The highest BCUT2D eigenvalue weighted by Gasteiger charge is 2.15. The number of carbonyl (C=O) groups is 1. The molecular weight excluding hydrogens is 354 g/mol. The number of nitrogens with one attached hydrogen (secondary N) is 2. The fraction of sp³-hybridized carbons (Fsp3) is 0.222. The van der Waals surface area contributed by atoms with Crippen LogP contribution < -0.4 is 25.1 Å². The van der Waals surface area contributed by atoms with Crippen LogP contribution in [-0.4, -0.2) is 32.2 Å². The number of rotatable bonds is 6. The van der Waals surface area contributed by atoms with Crippen LogP contribution in [0.3, 0.4) is 0 Å². The van der Waals surface area contributed by atoms with Gasteiger partial charge in [0.25, 0.3) is 5.91 Å². The summed E-state index contributed by atoms with van der Waals surface area (Å²) < 4.78 is 16.7. The van der Waals surface area contributed by atoms with E-state index >= 15 is 0 Å². The Morgan fingerprint density at radius 3 is 2.50 bits per heavy atom. The van der Waals surface area contributed by atoms with Crippen molar-refractivity contribution in [2.75, 3.05) is 26.8 Å². The first kappa shape index (κ1) is 17.8. The maximum absolute atomic E-state index is 12.5. The van der Waals surface area contributed by atoms with Gasteiger partial charge >= 0.3 is 0 Å². The summed E-state index contributed by atoms with van der Waals surface area (Å²) in [4.78, 5) is 17.0. The quantitative estimate of drug-likeness (QED) is 0.645. The molecular formula is C18H19N3O4S. The van der Waals surface area contributed by atoms with Crippen LogP contribution in [-0.2, 0) is 0 Å². The number of thiazole rings is 1. The maximum Gasteiger partial charge on any atom is 0.273 e. The van der Waals surface area contributed by atoms with E-state index in [1.54, 1.807) is 32.4 Å². The fourth-order valence-electron chi connectivity index (χ4n) is 2.49. The number of hydrazine groups is 1. The first-order valence-electron chi connectivity index (χ1n) is 7.80. The average molecular weight is 373 g/mol. The number of ether oxygens (including phenoxy) is 3. The number of hydrogen-bond acceptors (Lipinski definition) is 7. The average Bonchev–Trinajstić information content (AvgIpc) is 3.11. The van der Waals surface area contributed by atoms with Gasteiger partial charge in [0, 0.05) is 6.07 Å². The lowest BCUT2D eigenvalue weighted by atomic mass is 10.2. The van der Waals surface area contributed by atoms with Crippen molar-refractivity contribution in [1.82, 2.24) is 10.4 Å². The Labute approximate surface area is 154 Å². The normalized spacial score (nSPS) is 10.5. The van der Waals surface area contributed by atoms with Crippen molar-refractivity contribution in [3.05, 3.63) is 41.5 Å². The minimum absolute atomic E-state index is 0.340. The number of hydrogen-bond donors (Lipinski definition) is 2. The van der Waals surface area contributed by atoms with Crippen molar-refractivity contribution >= 4 is 32.6 Å². The lowest BCUT2D eigenvalue weighted by Crippen LogP contribution is -2.29. The summed E-state index contributed by atoms with van der Waals surface area (Å²) in [7, 11) is 4.66. The number of benzene rings is 2. The Kier molecular flexibility index (Phi) is 5.13. The lowest BCUT2D eigenvalue weighted by molar-refractivity contribution is 0.0959. The standard InChI is InChI=1S/C18H19N3O4S/c1-10-5-8-13(24-3)15-16(10)26-18(19-15)21-20-17(22)12-7-6-11(23-2)9-14(12)25-4/h5-9H,1-4H3,(H,19,21)(H,20,22). The zero-order valence-corrected chi connectivity index (χ0v) is 15.7. The number of carbonyl (C=O) groups excluding carboxylic acids is 1. The number of amides is 1. The third-order valence-corrected chi connectivity index (χ3v) is 4.97. The molecule has 3 aromatic rings. The van der Waals surface area contributed by atoms with Crippen molar-refractivity contribution in [3.63, 3.8) is 0 Å². The Balaban J connectivity index is 1.80. The van der Waals surface area contributed by atoms with E-state index in [1.165, 1.54) is 18.4 Å². The molecule has 0 radical (unpaired) electrons. The molecule has 1 heterocycles. The first-order valence-corrected chi connectivity index (χ1v) is 8.61. The molecule has 2 N–H and O–H groups in total. The van der Waals surface area contributed by atoms with Gasteiger partial charge in [0.1, 0.15) is 22.8 Å². The van der Waals surface area contributed by atoms with Crippen molar-refractivity contribution in [1.29, 1.82) is 0 Å². The zero-order valence-electron chi connectivity index (χ0n) is 14.9. The molecule has 0 fully saturated rings. The Morgan fingerprint density at radius 1 is 1.04 bits per heavy atom. The second-order valence-electron chi connectivity index (χ2n) is 5.43. The summed E-state index contributed by atoms with van der Waals surface area (Å²) in [5.41, 5.74) is 7.74. The summed E-state index contributed by atoms with van der Waals surface area (Å²) >= 11 is 1.44. The van der Waals surface area contributed by atoms with Crippen LogP contribution in [0.1, 0.15) is 15.9 Å². The van der Waals surface area contributed by atoms with E-state index in [4.69, 9.17) is 14.2 Å². The summed E-state index contributed by atoms with van der Waals surface area (Å²) in [6, 6.07) is 8.84. The van der Waals surface area contributed by atoms with E-state index in [1.807, 2.05) is 19.1 Å². The minimum Gasteiger partial charge on any atom is -0.497 e. The van der Waals surface area contributed by atoms with Gasteiger partial charge in [-0.1, -0.05) is 17.4 Å². The van der Waals surface area contributed by atoms with E-state index < -0.39 is 0 Å². The predicted molar refractivity (Wildman–Crippen MR) is 102 cm³/mol. The van der Waals surface area contributed by atoms with Gasteiger partial charge in [-0.3, -0.25) is 15.6 Å². The summed E-state index contributed by atoms with van der Waals surface area (Å²) in [5, 5.41) is 0.563. The van der Waals surface area contributed by atoms with Gasteiger partial charge in [-0.2, -0.15) is 0 Å². The van der Waals surface area contributed by atoms with Gasteiger partial charge in [0.15, 0.2) is 0 Å². The van der Waals surface area contributed by atoms with Crippen LogP contribution in [0, 0.1) is 6.92 Å². The fourth-order valence-corrected chi connectivity index (χ4v) is 3.40. The maximum atomic E-state index is 12.5. The molecule has 26 heavy (non-hydrogen) atoms. The van der Waals surface area contributed by atoms with Gasteiger partial charge in [-0.25, -0.2) is 4.98 Å². The lowest BCUT2D eigenvalue weighted by Gasteiger charge is -2.10. The molecule has 0 atom stereocenters. The predicted octanol–water partition coefficient (Wildman–Crippen LogP) is 3.39. The van der Waals surface area contributed by atoms with E-state index in [0.717, 1.165) is 15.8 Å². The zero-order chi connectivity index (χ0) is 18.7. The van der Waals surface area contributed by atoms with E-state index in [2.05, 4.69) is 15.8 Å². The van der Waals surface area contributed by atoms with E-state index in [9.17, 15) is 4.79 Å². The van der Waals surface area contributed by atoms with Crippen LogP contribution in [0.4, 0.5) is 5.13 Å². The molecule has 8 heteroatoms. The third kappa shape index (κ3) is 3.36. The van der Waals surface area contributed by atoms with Crippen molar-refractivity contribution < 1.29 is 19.0 Å². The highest BCUT2D eigenvalue weighted by molar-refractivity contribution is 7.22. The molecule has 0 aliphatic carbocycles. The molecule has 0 saturated carbocycles. The van der Waals surface area contributed by atoms with Gasteiger partial charge in [-0.05, 0) is 30.7 Å². The highest BCUT2D eigenvalue weighted by atomic mass is 32.1. The van der Waals surface area contributed by atoms with Gasteiger partial charge in [0.2, 0.25) is 5.13 Å².